The SMILES string of the molecule is CC(C)c1ccc(/C=C2/C(=N)N3N=C(S(C)(=O)=O)SC3=NC2=O)cc1. The van der Waals surface area contributed by atoms with E-state index in [-0.39, 0.29) is 21.0 Å². The Morgan fingerprint density at radius 3 is 2.44 bits per heavy atom. The molecule has 0 spiro atoms. The molecule has 0 bridgehead atoms. The Labute approximate surface area is 149 Å². The van der Waals surface area contributed by atoms with Gasteiger partial charge in [-0.2, -0.15) is 10.0 Å². The lowest BCUT2D eigenvalue weighted by Gasteiger charge is -2.20. The Morgan fingerprint density at radius 1 is 1.24 bits per heavy atom. The monoisotopic (exact) mass is 376 g/mol. The highest BCUT2D eigenvalue weighted by Crippen LogP contribution is 2.30. The molecule has 3 rings (SSSR count). The molecule has 2 heterocycles. The summed E-state index contributed by atoms with van der Waals surface area (Å²) >= 11 is 0.772. The van der Waals surface area contributed by atoms with Crippen LogP contribution in [0.15, 0.2) is 39.9 Å². The number of nitrogens with one attached hydrogen (secondary N) is 1. The molecule has 0 aliphatic carbocycles. The highest BCUT2D eigenvalue weighted by molar-refractivity contribution is 8.42. The number of carbonyl (C=O) groups excluding carboxylic acids is 1. The van der Waals surface area contributed by atoms with E-state index >= 15 is 0 Å². The summed E-state index contributed by atoms with van der Waals surface area (Å²) in [6.45, 7) is 4.18. The first-order chi connectivity index (χ1) is 11.7. The molecule has 0 saturated heterocycles. The molecule has 2 aliphatic heterocycles. The van der Waals surface area contributed by atoms with Gasteiger partial charge in [-0.1, -0.05) is 38.1 Å². The Morgan fingerprint density at radius 2 is 1.88 bits per heavy atom. The van der Waals surface area contributed by atoms with E-state index in [0.29, 0.717) is 5.92 Å². The molecule has 0 saturated carbocycles. The number of carbonyl (C=O) groups is 1. The van der Waals surface area contributed by atoms with Gasteiger partial charge in [0.25, 0.3) is 5.91 Å². The summed E-state index contributed by atoms with van der Waals surface area (Å²) in [7, 11) is -3.53. The number of thioether (sulfide) groups is 1. The van der Waals surface area contributed by atoms with E-state index in [4.69, 9.17) is 5.41 Å². The smallest absolute Gasteiger partial charge is 0.282 e. The average molecular weight is 376 g/mol. The molecular weight excluding hydrogens is 360 g/mol. The zero-order valence-corrected chi connectivity index (χ0v) is 15.5. The largest absolute Gasteiger partial charge is 0.283 e. The van der Waals surface area contributed by atoms with Gasteiger partial charge in [0.1, 0.15) is 0 Å². The Hall–Kier alpha value is -2.26. The van der Waals surface area contributed by atoms with Crippen LogP contribution >= 0.6 is 11.8 Å². The number of hydrazone groups is 1. The third kappa shape index (κ3) is 3.42. The summed E-state index contributed by atoms with van der Waals surface area (Å²) in [6.07, 6.45) is 2.59. The molecule has 0 aromatic heterocycles. The van der Waals surface area contributed by atoms with Crippen molar-refractivity contribution >= 4 is 49.0 Å². The van der Waals surface area contributed by atoms with Crippen molar-refractivity contribution in [2.45, 2.75) is 19.8 Å². The van der Waals surface area contributed by atoms with Crippen LogP contribution < -0.4 is 0 Å². The summed E-state index contributed by atoms with van der Waals surface area (Å²) in [4.78, 5) is 16.1. The topological polar surface area (TPSA) is 103 Å². The molecule has 9 heteroatoms. The highest BCUT2D eigenvalue weighted by atomic mass is 32.3. The second-order valence-electron chi connectivity index (χ2n) is 5.98. The van der Waals surface area contributed by atoms with Crippen LogP contribution in [0, 0.1) is 5.41 Å². The van der Waals surface area contributed by atoms with Gasteiger partial charge in [0.05, 0.1) is 5.57 Å². The zero-order chi connectivity index (χ0) is 18.4. The van der Waals surface area contributed by atoms with Crippen LogP contribution in [0.2, 0.25) is 0 Å². The average Bonchev–Trinajstić information content (AvgIpc) is 2.96. The molecular formula is C16H16N4O3S2. The molecule has 130 valence electrons. The molecule has 2 aliphatic rings. The van der Waals surface area contributed by atoms with Gasteiger partial charge >= 0.3 is 0 Å². The van der Waals surface area contributed by atoms with Crippen molar-refractivity contribution in [1.82, 2.24) is 5.01 Å². The summed E-state index contributed by atoms with van der Waals surface area (Å²) in [6, 6.07) is 7.67. The van der Waals surface area contributed by atoms with E-state index in [0.717, 1.165) is 28.6 Å². The van der Waals surface area contributed by atoms with Crippen molar-refractivity contribution in [2.75, 3.05) is 6.26 Å². The summed E-state index contributed by atoms with van der Waals surface area (Å²) in [5, 5.41) is 13.3. The van der Waals surface area contributed by atoms with Gasteiger partial charge in [-0.15, -0.1) is 5.10 Å². The first kappa shape index (κ1) is 17.6. The fourth-order valence-electron chi connectivity index (χ4n) is 2.27. The Bertz CT molecular complexity index is 958. The number of amidine groups is 2. The maximum Gasteiger partial charge on any atom is 0.283 e. The maximum atomic E-state index is 12.2. The molecule has 0 radical (unpaired) electrons. The van der Waals surface area contributed by atoms with Gasteiger partial charge in [0.2, 0.25) is 19.4 Å². The zero-order valence-electron chi connectivity index (χ0n) is 13.8. The van der Waals surface area contributed by atoms with Gasteiger partial charge in [0, 0.05) is 6.26 Å². The van der Waals surface area contributed by atoms with E-state index in [1.54, 1.807) is 6.08 Å². The van der Waals surface area contributed by atoms with Crippen LogP contribution in [0.1, 0.15) is 30.9 Å². The number of nitrogens with zero attached hydrogens (tertiary/aromatic N) is 3. The second kappa shape index (κ2) is 6.23. The third-order valence-corrected chi connectivity index (χ3v) is 6.24. The molecule has 0 atom stereocenters. The predicted molar refractivity (Wildman–Crippen MR) is 100 cm³/mol. The van der Waals surface area contributed by atoms with Crippen LogP contribution in [0.3, 0.4) is 0 Å². The number of amides is 1. The second-order valence-corrected chi connectivity index (χ2v) is 9.12. The highest BCUT2D eigenvalue weighted by Gasteiger charge is 2.38. The molecule has 1 aromatic carbocycles. The number of aliphatic imine (C=N–C) groups is 1. The van der Waals surface area contributed by atoms with E-state index in [1.165, 1.54) is 5.56 Å². The Kier molecular flexibility index (Phi) is 4.38. The van der Waals surface area contributed by atoms with Crippen molar-refractivity contribution in [3.8, 4) is 0 Å². The number of fused-ring (bicyclic) bond motifs is 1. The van der Waals surface area contributed by atoms with Gasteiger partial charge < -0.3 is 0 Å². The summed E-state index contributed by atoms with van der Waals surface area (Å²) in [5.41, 5.74) is 2.00. The molecule has 1 aromatic rings. The van der Waals surface area contributed by atoms with E-state index in [2.05, 4.69) is 23.9 Å². The van der Waals surface area contributed by atoms with Gasteiger partial charge in [-0.05, 0) is 34.9 Å². The Balaban J connectivity index is 1.95. The van der Waals surface area contributed by atoms with Gasteiger partial charge in [0.15, 0.2) is 5.84 Å². The number of rotatable bonds is 2. The van der Waals surface area contributed by atoms with Crippen LogP contribution in [0.25, 0.3) is 6.08 Å². The van der Waals surface area contributed by atoms with Gasteiger partial charge in [-0.3, -0.25) is 10.2 Å². The van der Waals surface area contributed by atoms with Crippen molar-refractivity contribution in [3.05, 3.63) is 41.0 Å². The van der Waals surface area contributed by atoms with Crippen LogP contribution in [0.5, 0.6) is 0 Å². The van der Waals surface area contributed by atoms with Crippen molar-refractivity contribution in [2.24, 2.45) is 10.1 Å². The molecule has 0 fully saturated rings. The van der Waals surface area contributed by atoms with Crippen LogP contribution in [-0.2, 0) is 14.6 Å². The normalized spacial score (nSPS) is 19.4. The van der Waals surface area contributed by atoms with E-state index in [1.807, 2.05) is 24.3 Å². The minimum atomic E-state index is -3.53. The minimum Gasteiger partial charge on any atom is -0.282 e. The minimum absolute atomic E-state index is 0.0696. The van der Waals surface area contributed by atoms with Crippen LogP contribution in [-0.4, -0.2) is 41.0 Å². The fourth-order valence-corrected chi connectivity index (χ4v) is 3.95. The van der Waals surface area contributed by atoms with Crippen LogP contribution in [0.4, 0.5) is 0 Å². The van der Waals surface area contributed by atoms with E-state index in [9.17, 15) is 13.2 Å². The molecule has 0 unspecified atom stereocenters. The first-order valence-electron chi connectivity index (χ1n) is 7.47. The quantitative estimate of drug-likeness (QED) is 0.799. The third-order valence-electron chi connectivity index (χ3n) is 3.67. The molecule has 1 amide bonds. The van der Waals surface area contributed by atoms with Crippen molar-refractivity contribution < 1.29 is 13.2 Å². The lowest BCUT2D eigenvalue weighted by Crippen LogP contribution is -2.35. The van der Waals surface area contributed by atoms with Gasteiger partial charge in [-0.25, -0.2) is 8.42 Å². The number of sulfone groups is 1. The van der Waals surface area contributed by atoms with Crippen molar-refractivity contribution in [3.63, 3.8) is 0 Å². The van der Waals surface area contributed by atoms with E-state index < -0.39 is 15.7 Å². The summed E-state index contributed by atoms with van der Waals surface area (Å²) < 4.78 is 23.1. The number of hydrogen-bond donors (Lipinski definition) is 1. The summed E-state index contributed by atoms with van der Waals surface area (Å²) in [5.74, 6) is -0.371. The molecule has 1 N–H and O–H groups in total. The first-order valence-corrected chi connectivity index (χ1v) is 10.2. The predicted octanol–water partition coefficient (Wildman–Crippen LogP) is 2.43. The lowest BCUT2D eigenvalue weighted by molar-refractivity contribution is -0.114. The number of hydrogen-bond acceptors (Lipinski definition) is 6. The standard InChI is InChI=1S/C16H16N4O3S2/c1-9(2)11-6-4-10(5-7-11)8-12-13(17)20-15(18-14(12)21)24-16(19-20)25(3,22)23/h4-9,17H,1-3H3/b12-8-,17-13?. The van der Waals surface area contributed by atoms with Crippen molar-refractivity contribution in [1.29, 1.82) is 5.41 Å². The number of benzene rings is 1. The fraction of sp³-hybridized carbons (Fsp3) is 0.250. The molecule has 7 nitrogen and oxygen atoms in total. The molecule has 25 heavy (non-hydrogen) atoms. The lowest BCUT2D eigenvalue weighted by atomic mass is 10.0. The maximum absolute atomic E-state index is 12.2.